The van der Waals surface area contributed by atoms with Gasteiger partial charge in [-0.3, -0.25) is 14.4 Å². The predicted molar refractivity (Wildman–Crippen MR) is 123 cm³/mol. The Balaban J connectivity index is 1.59. The topological polar surface area (TPSA) is 87.3 Å². The molecular weight excluding hydrogens is 458 g/mol. The normalized spacial score (nSPS) is 28.3. The van der Waals surface area contributed by atoms with Crippen molar-refractivity contribution < 1.29 is 14.4 Å². The average molecular weight is 488 g/mol. The van der Waals surface area contributed by atoms with Crippen LogP contribution < -0.4 is 16.0 Å². The molecule has 2 fully saturated rings. The Kier molecular flexibility index (Phi) is 5.53. The van der Waals surface area contributed by atoms with Crippen LogP contribution in [0.4, 0.5) is 5.69 Å². The van der Waals surface area contributed by atoms with E-state index < -0.39 is 23.3 Å². The SMILES string of the molecule is CNC(=O)[C@@H](NC(=O)[C@H]1[C@H](C(=O)Nc2ccc(Br)cc2)[C@@H]2C=C[C@H]1C21CC1)C(C)(C)C. The Morgan fingerprint density at radius 1 is 1.00 bits per heavy atom. The number of carbonyl (C=O) groups is 3. The summed E-state index contributed by atoms with van der Waals surface area (Å²) in [5, 5.41) is 8.65. The fourth-order valence-electron chi connectivity index (χ4n) is 5.53. The molecule has 0 aromatic heterocycles. The van der Waals surface area contributed by atoms with Crippen molar-refractivity contribution in [2.75, 3.05) is 12.4 Å². The minimum atomic E-state index is -0.668. The van der Waals surface area contributed by atoms with Gasteiger partial charge in [0.15, 0.2) is 0 Å². The van der Waals surface area contributed by atoms with Gasteiger partial charge in [0.1, 0.15) is 6.04 Å². The third-order valence-corrected chi connectivity index (χ3v) is 7.75. The van der Waals surface area contributed by atoms with Gasteiger partial charge in [-0.15, -0.1) is 0 Å². The number of allylic oxidation sites excluding steroid dienone is 2. The van der Waals surface area contributed by atoms with Crippen molar-refractivity contribution in [3.63, 3.8) is 0 Å². The van der Waals surface area contributed by atoms with Crippen LogP contribution in [0.1, 0.15) is 33.6 Å². The van der Waals surface area contributed by atoms with Gasteiger partial charge in [-0.25, -0.2) is 0 Å². The second-order valence-corrected chi connectivity index (χ2v) is 11.1. The van der Waals surface area contributed by atoms with Crippen molar-refractivity contribution in [2.24, 2.45) is 34.5 Å². The van der Waals surface area contributed by atoms with Crippen LogP contribution in [-0.4, -0.2) is 30.8 Å². The summed E-state index contributed by atoms with van der Waals surface area (Å²) < 4.78 is 0.935. The molecule has 0 radical (unpaired) electrons. The number of anilines is 1. The van der Waals surface area contributed by atoms with Gasteiger partial charge in [-0.1, -0.05) is 48.9 Å². The zero-order chi connectivity index (χ0) is 22.6. The van der Waals surface area contributed by atoms with E-state index in [2.05, 4.69) is 44.0 Å². The van der Waals surface area contributed by atoms with E-state index in [1.54, 1.807) is 7.05 Å². The van der Waals surface area contributed by atoms with Crippen molar-refractivity contribution >= 4 is 39.3 Å². The van der Waals surface area contributed by atoms with E-state index in [0.29, 0.717) is 5.69 Å². The van der Waals surface area contributed by atoms with Crippen molar-refractivity contribution in [1.29, 1.82) is 0 Å². The number of benzene rings is 1. The van der Waals surface area contributed by atoms with Gasteiger partial charge in [-0.05, 0) is 59.8 Å². The highest BCUT2D eigenvalue weighted by Gasteiger charge is 2.70. The molecule has 1 spiro atoms. The molecule has 3 N–H and O–H groups in total. The van der Waals surface area contributed by atoms with Crippen LogP contribution in [0.5, 0.6) is 0 Å². The van der Waals surface area contributed by atoms with Crippen LogP contribution in [0, 0.1) is 34.5 Å². The first-order valence-electron chi connectivity index (χ1n) is 10.9. The first-order chi connectivity index (χ1) is 14.6. The van der Waals surface area contributed by atoms with Crippen LogP contribution in [0.3, 0.4) is 0 Å². The third kappa shape index (κ3) is 3.81. The number of carbonyl (C=O) groups excluding carboxylic acids is 3. The lowest BCUT2D eigenvalue weighted by atomic mass is 9.80. The first-order valence-corrected chi connectivity index (χ1v) is 11.6. The smallest absolute Gasteiger partial charge is 0.242 e. The Morgan fingerprint density at radius 2 is 1.55 bits per heavy atom. The van der Waals surface area contributed by atoms with Crippen molar-refractivity contribution in [1.82, 2.24) is 10.6 Å². The molecule has 2 bridgehead atoms. The Hall–Kier alpha value is -2.15. The van der Waals surface area contributed by atoms with E-state index in [9.17, 15) is 14.4 Å². The minimum Gasteiger partial charge on any atom is -0.357 e. The van der Waals surface area contributed by atoms with Crippen molar-refractivity contribution in [2.45, 2.75) is 39.7 Å². The molecule has 6 nitrogen and oxygen atoms in total. The summed E-state index contributed by atoms with van der Waals surface area (Å²) in [4.78, 5) is 39.4. The standard InChI is InChI=1S/C24H30BrN3O3/c1-23(2,3)19(22(31)26-4)28-21(30)18-16-10-9-15(24(16)11-12-24)17(18)20(29)27-14-7-5-13(25)6-8-14/h5-10,15-19H,11-12H2,1-4H3,(H,26,31)(H,27,29)(H,28,30)/t15-,16+,17+,18+,19+/m0/s1. The average Bonchev–Trinajstić information content (AvgIpc) is 3.38. The minimum absolute atomic E-state index is 0.0357. The maximum Gasteiger partial charge on any atom is 0.242 e. The highest BCUT2D eigenvalue weighted by atomic mass is 79.9. The second kappa shape index (κ2) is 7.76. The van der Waals surface area contributed by atoms with E-state index in [-0.39, 0.29) is 35.0 Å². The molecule has 2 saturated carbocycles. The molecule has 0 saturated heterocycles. The van der Waals surface area contributed by atoms with Gasteiger partial charge < -0.3 is 16.0 Å². The third-order valence-electron chi connectivity index (χ3n) is 7.22. The van der Waals surface area contributed by atoms with Gasteiger partial charge in [0.05, 0.1) is 11.8 Å². The highest BCUT2D eigenvalue weighted by Crippen LogP contribution is 2.72. The molecule has 0 unspecified atom stereocenters. The molecule has 3 amide bonds. The molecule has 4 rings (SSSR count). The molecule has 0 aliphatic heterocycles. The number of hydrogen-bond acceptors (Lipinski definition) is 3. The van der Waals surface area contributed by atoms with Gasteiger partial charge >= 0.3 is 0 Å². The Morgan fingerprint density at radius 3 is 2.03 bits per heavy atom. The largest absolute Gasteiger partial charge is 0.357 e. The van der Waals surface area contributed by atoms with Crippen LogP contribution in [0.2, 0.25) is 0 Å². The predicted octanol–water partition coefficient (Wildman–Crippen LogP) is 3.49. The number of rotatable bonds is 5. The lowest BCUT2D eigenvalue weighted by Gasteiger charge is -2.33. The van der Waals surface area contributed by atoms with Crippen molar-refractivity contribution in [3.8, 4) is 0 Å². The van der Waals surface area contributed by atoms with E-state index in [1.807, 2.05) is 45.0 Å². The van der Waals surface area contributed by atoms with Crippen LogP contribution in [0.15, 0.2) is 40.9 Å². The summed E-state index contributed by atoms with van der Waals surface area (Å²) >= 11 is 3.41. The van der Waals surface area contributed by atoms with Gasteiger partial charge in [0, 0.05) is 17.2 Å². The summed E-state index contributed by atoms with van der Waals surface area (Å²) in [7, 11) is 1.57. The zero-order valence-corrected chi connectivity index (χ0v) is 20.0. The quantitative estimate of drug-likeness (QED) is 0.555. The molecule has 31 heavy (non-hydrogen) atoms. The van der Waals surface area contributed by atoms with E-state index in [4.69, 9.17) is 0 Å². The molecule has 3 aliphatic rings. The Labute approximate surface area is 191 Å². The van der Waals surface area contributed by atoms with Crippen LogP contribution in [0.25, 0.3) is 0 Å². The fourth-order valence-corrected chi connectivity index (χ4v) is 5.79. The summed E-state index contributed by atoms with van der Waals surface area (Å²) in [5.41, 5.74) is 0.297. The number of hydrogen-bond donors (Lipinski definition) is 3. The molecule has 3 aliphatic carbocycles. The molecule has 0 heterocycles. The molecule has 7 heteroatoms. The summed E-state index contributed by atoms with van der Waals surface area (Å²) in [6, 6.07) is 6.77. The molecule has 1 aromatic carbocycles. The number of halogens is 1. The van der Waals surface area contributed by atoms with Gasteiger partial charge in [0.25, 0.3) is 0 Å². The molecule has 1 aromatic rings. The van der Waals surface area contributed by atoms with E-state index in [0.717, 1.165) is 17.3 Å². The molecule has 166 valence electrons. The fraction of sp³-hybridized carbons (Fsp3) is 0.542. The lowest BCUT2D eigenvalue weighted by Crippen LogP contribution is -2.55. The monoisotopic (exact) mass is 487 g/mol. The molecular formula is C24H30BrN3O3. The number of amides is 3. The summed E-state index contributed by atoms with van der Waals surface area (Å²) in [5.74, 6) is -1.36. The lowest BCUT2D eigenvalue weighted by molar-refractivity contribution is -0.137. The maximum absolute atomic E-state index is 13.5. The van der Waals surface area contributed by atoms with Gasteiger partial charge in [0.2, 0.25) is 17.7 Å². The van der Waals surface area contributed by atoms with Gasteiger partial charge in [-0.2, -0.15) is 0 Å². The van der Waals surface area contributed by atoms with Crippen LogP contribution in [-0.2, 0) is 14.4 Å². The highest BCUT2D eigenvalue weighted by molar-refractivity contribution is 9.10. The van der Waals surface area contributed by atoms with E-state index >= 15 is 0 Å². The van der Waals surface area contributed by atoms with Crippen LogP contribution >= 0.6 is 15.9 Å². The summed E-state index contributed by atoms with van der Waals surface area (Å²) in [6.45, 7) is 5.77. The van der Waals surface area contributed by atoms with E-state index in [1.165, 1.54) is 0 Å². The molecule has 5 atom stereocenters. The maximum atomic E-state index is 13.5. The summed E-state index contributed by atoms with van der Waals surface area (Å²) in [6.07, 6.45) is 6.34. The first kappa shape index (κ1) is 22.1. The Bertz CT molecular complexity index is 930. The number of likely N-dealkylation sites (N-methyl/N-ethyl adjacent to an activating group) is 1. The zero-order valence-electron chi connectivity index (χ0n) is 18.4. The second-order valence-electron chi connectivity index (χ2n) is 10.1. The number of nitrogens with one attached hydrogen (secondary N) is 3. The van der Waals surface area contributed by atoms with Crippen molar-refractivity contribution in [3.05, 3.63) is 40.9 Å².